The summed E-state index contributed by atoms with van der Waals surface area (Å²) in [6.45, 7) is 2.17. The van der Waals surface area contributed by atoms with Crippen LogP contribution in [0.15, 0.2) is 68.9 Å². The number of carbonyl (C=O) groups excluding carboxylic acids is 1. The molecule has 13 heteroatoms. The van der Waals surface area contributed by atoms with Gasteiger partial charge in [-0.15, -0.1) is 0 Å². The second kappa shape index (κ2) is 10.1. The minimum atomic E-state index is -0.534. The highest BCUT2D eigenvalue weighted by molar-refractivity contribution is 8.18. The molecule has 0 radical (unpaired) electrons. The number of anilines is 1. The molecule has 0 unspecified atom stereocenters. The topological polar surface area (TPSA) is 135 Å². The van der Waals surface area contributed by atoms with Crippen molar-refractivity contribution in [3.63, 3.8) is 0 Å². The van der Waals surface area contributed by atoms with Crippen LogP contribution in [0.1, 0.15) is 5.76 Å². The summed E-state index contributed by atoms with van der Waals surface area (Å²) in [6.07, 6.45) is 1.55. The Hall–Kier alpha value is -4.16. The molecular formula is C24H18ClN5O6S. The Labute approximate surface area is 219 Å². The van der Waals surface area contributed by atoms with E-state index in [1.54, 1.807) is 36.4 Å². The molecule has 0 atom stereocenters. The zero-order chi connectivity index (χ0) is 26.1. The number of piperazine rings is 1. The van der Waals surface area contributed by atoms with Gasteiger partial charge < -0.3 is 14.2 Å². The molecule has 1 saturated heterocycles. The number of amidine groups is 1. The number of benzene rings is 2. The second-order valence-corrected chi connectivity index (χ2v) is 9.60. The van der Waals surface area contributed by atoms with Gasteiger partial charge in [0.2, 0.25) is 0 Å². The lowest BCUT2D eigenvalue weighted by molar-refractivity contribution is -0.384. The van der Waals surface area contributed by atoms with Gasteiger partial charge in [0.15, 0.2) is 5.17 Å². The molecule has 2 aliphatic rings. The van der Waals surface area contributed by atoms with Crippen LogP contribution in [0.2, 0.25) is 5.02 Å². The van der Waals surface area contributed by atoms with Crippen LogP contribution in [0.3, 0.4) is 0 Å². The van der Waals surface area contributed by atoms with Crippen LogP contribution >= 0.6 is 23.4 Å². The van der Waals surface area contributed by atoms with E-state index in [0.717, 1.165) is 0 Å². The van der Waals surface area contributed by atoms with E-state index in [1.165, 1.54) is 36.0 Å². The number of amides is 1. The number of nitrogens with zero attached hydrogens (tertiary/aromatic N) is 5. The molecule has 0 saturated carbocycles. The van der Waals surface area contributed by atoms with Gasteiger partial charge in [0.1, 0.15) is 17.2 Å². The van der Waals surface area contributed by atoms with Gasteiger partial charge in [-0.25, -0.2) is 0 Å². The highest BCUT2D eigenvalue weighted by Crippen LogP contribution is 2.36. The van der Waals surface area contributed by atoms with Gasteiger partial charge in [-0.3, -0.25) is 25.0 Å². The van der Waals surface area contributed by atoms with E-state index in [1.807, 2.05) is 9.80 Å². The first-order valence-corrected chi connectivity index (χ1v) is 12.3. The van der Waals surface area contributed by atoms with Gasteiger partial charge >= 0.3 is 0 Å². The molecular weight excluding hydrogens is 522 g/mol. The summed E-state index contributed by atoms with van der Waals surface area (Å²) in [5.41, 5.74) is 0.723. The molecule has 1 fully saturated rings. The Morgan fingerprint density at radius 3 is 2.38 bits per heavy atom. The molecule has 0 aliphatic carbocycles. The Balaban J connectivity index is 1.27. The lowest BCUT2D eigenvalue weighted by Gasteiger charge is -2.36. The number of aliphatic imine (C=N–C) groups is 1. The molecule has 3 heterocycles. The largest absolute Gasteiger partial charge is 0.456 e. The van der Waals surface area contributed by atoms with Crippen LogP contribution in [-0.4, -0.2) is 52.0 Å². The van der Waals surface area contributed by atoms with E-state index in [0.29, 0.717) is 47.7 Å². The number of furan rings is 1. The van der Waals surface area contributed by atoms with Crippen molar-refractivity contribution >= 4 is 57.6 Å². The van der Waals surface area contributed by atoms with Gasteiger partial charge in [-0.1, -0.05) is 23.7 Å². The van der Waals surface area contributed by atoms with E-state index in [-0.39, 0.29) is 32.6 Å². The van der Waals surface area contributed by atoms with Crippen molar-refractivity contribution in [2.45, 2.75) is 0 Å². The van der Waals surface area contributed by atoms with Gasteiger partial charge in [0.05, 0.1) is 20.3 Å². The lowest BCUT2D eigenvalue weighted by Crippen LogP contribution is -2.48. The van der Waals surface area contributed by atoms with Crippen LogP contribution in [0.5, 0.6) is 0 Å². The van der Waals surface area contributed by atoms with Crippen molar-refractivity contribution in [1.29, 1.82) is 0 Å². The smallest absolute Gasteiger partial charge is 0.292 e. The number of carbonyl (C=O) groups is 1. The molecule has 188 valence electrons. The van der Waals surface area contributed by atoms with Gasteiger partial charge in [0.25, 0.3) is 17.3 Å². The highest BCUT2D eigenvalue weighted by atomic mass is 35.5. The maximum atomic E-state index is 12.6. The summed E-state index contributed by atoms with van der Waals surface area (Å²) >= 11 is 7.10. The van der Waals surface area contributed by atoms with Gasteiger partial charge in [-0.2, -0.15) is 4.99 Å². The third kappa shape index (κ3) is 5.06. The quantitative estimate of drug-likeness (QED) is 0.243. The first-order valence-electron chi connectivity index (χ1n) is 11.1. The van der Waals surface area contributed by atoms with Crippen molar-refractivity contribution in [3.05, 3.63) is 90.5 Å². The Morgan fingerprint density at radius 2 is 1.65 bits per heavy atom. The first kappa shape index (κ1) is 24.5. The summed E-state index contributed by atoms with van der Waals surface area (Å²) in [4.78, 5) is 42.9. The van der Waals surface area contributed by atoms with Crippen molar-refractivity contribution in [2.75, 3.05) is 31.1 Å². The zero-order valence-corrected chi connectivity index (χ0v) is 20.6. The molecule has 11 nitrogen and oxygen atoms in total. The Kier molecular flexibility index (Phi) is 6.68. The first-order chi connectivity index (χ1) is 17.8. The van der Waals surface area contributed by atoms with Gasteiger partial charge in [-0.05, 0) is 42.1 Å². The van der Waals surface area contributed by atoms with E-state index in [2.05, 4.69) is 4.99 Å². The number of thioether (sulfide) groups is 1. The Bertz CT molecular complexity index is 1480. The predicted molar refractivity (Wildman–Crippen MR) is 141 cm³/mol. The fraction of sp³-hybridized carbons (Fsp3) is 0.167. The van der Waals surface area contributed by atoms with E-state index >= 15 is 0 Å². The average Bonchev–Trinajstić information content (AvgIpc) is 3.51. The molecule has 1 aromatic heterocycles. The van der Waals surface area contributed by atoms with Crippen LogP contribution < -0.4 is 4.90 Å². The number of nitro groups is 2. The molecule has 0 spiro atoms. The number of halogens is 1. The lowest BCUT2D eigenvalue weighted by atomic mass is 10.1. The minimum Gasteiger partial charge on any atom is -0.456 e. The van der Waals surface area contributed by atoms with Crippen molar-refractivity contribution in [3.8, 4) is 11.3 Å². The summed E-state index contributed by atoms with van der Waals surface area (Å²) in [5, 5.41) is 23.6. The second-order valence-electron chi connectivity index (χ2n) is 8.15. The molecule has 5 rings (SSSR count). The monoisotopic (exact) mass is 539 g/mol. The Morgan fingerprint density at radius 1 is 0.946 bits per heavy atom. The molecule has 3 aromatic rings. The summed E-state index contributed by atoms with van der Waals surface area (Å²) in [7, 11) is 0. The standard InChI is InChI=1S/C24H18ClN5O6S/c25-15-5-7-17(20(13-15)30(34)35)21-8-6-16(36-21)14-22-23(31)26-24(37-22)28-11-9-27(10-12-28)18-3-1-2-4-19(18)29(32)33/h1-8,13-14H,9-12H2. The van der Waals surface area contributed by atoms with Crippen LogP contribution in [0.4, 0.5) is 17.1 Å². The SMILES string of the molecule is O=C1N=C(N2CCN(c3ccccc3[N+](=O)[O-])CC2)SC1=Cc1ccc(-c2ccc(Cl)cc2[N+](=O)[O-])o1. The molecule has 2 aliphatic heterocycles. The summed E-state index contributed by atoms with van der Waals surface area (Å²) in [6, 6.07) is 14.1. The van der Waals surface area contributed by atoms with Crippen molar-refractivity contribution in [2.24, 2.45) is 4.99 Å². The van der Waals surface area contributed by atoms with E-state index < -0.39 is 10.8 Å². The number of nitro benzene ring substituents is 2. The maximum Gasteiger partial charge on any atom is 0.292 e. The fourth-order valence-corrected chi connectivity index (χ4v) is 5.24. The molecule has 1 amide bonds. The van der Waals surface area contributed by atoms with Crippen molar-refractivity contribution in [1.82, 2.24) is 4.90 Å². The third-order valence-electron chi connectivity index (χ3n) is 5.90. The van der Waals surface area contributed by atoms with Gasteiger partial charge in [0, 0.05) is 49.4 Å². The normalized spacial score (nSPS) is 16.8. The van der Waals surface area contributed by atoms with Crippen LogP contribution in [0.25, 0.3) is 17.4 Å². The third-order valence-corrected chi connectivity index (χ3v) is 7.18. The molecule has 0 bridgehead atoms. The molecule has 37 heavy (non-hydrogen) atoms. The van der Waals surface area contributed by atoms with Crippen LogP contribution in [-0.2, 0) is 4.79 Å². The van der Waals surface area contributed by atoms with Crippen LogP contribution in [0, 0.1) is 20.2 Å². The molecule has 0 N–H and O–H groups in total. The number of rotatable bonds is 5. The highest BCUT2D eigenvalue weighted by Gasteiger charge is 2.30. The maximum absolute atomic E-state index is 12.6. The molecule has 2 aromatic carbocycles. The number of hydrogen-bond acceptors (Lipinski definition) is 9. The average molecular weight is 540 g/mol. The predicted octanol–water partition coefficient (Wildman–Crippen LogP) is 5.21. The zero-order valence-electron chi connectivity index (χ0n) is 19.1. The van der Waals surface area contributed by atoms with Crippen molar-refractivity contribution < 1.29 is 19.1 Å². The summed E-state index contributed by atoms with van der Waals surface area (Å²) in [5.74, 6) is 0.224. The number of hydrogen-bond donors (Lipinski definition) is 0. The number of para-hydroxylation sites is 2. The fourth-order valence-electron chi connectivity index (χ4n) is 4.13. The summed E-state index contributed by atoms with van der Waals surface area (Å²) < 4.78 is 5.77. The van der Waals surface area contributed by atoms with E-state index in [4.69, 9.17) is 16.0 Å². The minimum absolute atomic E-state index is 0.0608. The van der Waals surface area contributed by atoms with E-state index in [9.17, 15) is 25.0 Å².